The van der Waals surface area contributed by atoms with Gasteiger partial charge >= 0.3 is 157 Å². The molecule has 0 aromatic rings. The topological polar surface area (TPSA) is 18.5 Å². The van der Waals surface area contributed by atoms with Gasteiger partial charge < -0.3 is 0 Å². The van der Waals surface area contributed by atoms with E-state index in [1.807, 2.05) is 3.96 Å². The van der Waals surface area contributed by atoms with Crippen molar-refractivity contribution in [2.75, 3.05) is 14.2 Å². The fourth-order valence-corrected chi connectivity index (χ4v) is 16.3. The number of hydrogen-bond donors (Lipinski definition) is 0. The maximum atomic E-state index is 5.56. The first kappa shape index (κ1) is 22.3. The van der Waals surface area contributed by atoms with Gasteiger partial charge in [-0.05, 0) is 0 Å². The predicted molar refractivity (Wildman–Crippen MR) is 110 cm³/mol. The molecule has 5 heteroatoms. The third-order valence-corrected chi connectivity index (χ3v) is 16.4. The zero-order chi connectivity index (χ0) is 18.5. The fraction of sp³-hybridized carbons (Fsp3) is 0.684. The molecule has 24 heavy (non-hydrogen) atoms. The van der Waals surface area contributed by atoms with Gasteiger partial charge in [0, 0.05) is 0 Å². The number of ether oxygens (including phenoxy) is 2. The minimum absolute atomic E-state index is 0.0286. The second-order valence-corrected chi connectivity index (χ2v) is 26.0. The molecule has 0 N–H and O–H groups in total. The standard InChI is InChI=1S/C16H29O2Si2.3CH3.Pt/c1-7-12-20(5,6)15-11-9-10-13(15)14(8-2)19-16(17-3)18-4;;;;/h7,10,14,16H,1,8-9,12,19H2,2-6H3;3*1H3;. The third-order valence-electron chi connectivity index (χ3n) is 4.87. The number of allylic oxidation sites excluding steroid dienone is 5. The Morgan fingerprint density at radius 3 is 2.29 bits per heavy atom. The van der Waals surface area contributed by atoms with E-state index in [-0.39, 0.29) is 5.91 Å². The molecule has 0 aromatic carbocycles. The predicted octanol–water partition coefficient (Wildman–Crippen LogP) is 5.25. The zero-order valence-electron chi connectivity index (χ0n) is 17.0. The van der Waals surface area contributed by atoms with Gasteiger partial charge in [-0.25, -0.2) is 0 Å². The van der Waals surface area contributed by atoms with Crippen LogP contribution in [0.5, 0.6) is 0 Å². The first-order chi connectivity index (χ1) is 11.1. The molecular formula is C19H38O2PtSi2. The van der Waals surface area contributed by atoms with Crippen molar-refractivity contribution in [3.8, 4) is 0 Å². The normalized spacial score (nSPS) is 18.6. The minimum atomic E-state index is -1.76. The molecule has 0 bridgehead atoms. The van der Waals surface area contributed by atoms with Gasteiger partial charge in [0.05, 0.1) is 0 Å². The van der Waals surface area contributed by atoms with Gasteiger partial charge in [0.2, 0.25) is 0 Å². The summed E-state index contributed by atoms with van der Waals surface area (Å²) in [7, 11) is 1.59. The summed E-state index contributed by atoms with van der Waals surface area (Å²) in [5, 5.41) is 9.44. The quantitative estimate of drug-likeness (QED) is 0.211. The Bertz CT molecular complexity index is 500. The summed E-state index contributed by atoms with van der Waals surface area (Å²) in [5.41, 5.74) is 2.35. The fourth-order valence-electron chi connectivity index (χ4n) is 3.58. The molecule has 2 nitrogen and oxygen atoms in total. The number of hydrogen-bond acceptors (Lipinski definition) is 2. The van der Waals surface area contributed by atoms with Crippen molar-refractivity contribution in [3.63, 3.8) is 0 Å². The summed E-state index contributed by atoms with van der Waals surface area (Å²) < 4.78 is 13.0. The van der Waals surface area contributed by atoms with Crippen LogP contribution in [0.1, 0.15) is 19.8 Å². The third kappa shape index (κ3) is 5.38. The van der Waals surface area contributed by atoms with Gasteiger partial charge in [0.1, 0.15) is 0 Å². The average molecular weight is 550 g/mol. The van der Waals surface area contributed by atoms with Crippen LogP contribution in [-0.2, 0) is 25.5 Å². The monoisotopic (exact) mass is 549 g/mol. The Hall–Kier alpha value is 0.262. The first-order valence-corrected chi connectivity index (χ1v) is 21.4. The SMILES string of the molecule is C=CC[Si](C)(C)C1=[C]([Pt]([CH3])([CH3])[CH3])CC=C1C(CC)[SiH2]C(OC)OC. The van der Waals surface area contributed by atoms with Gasteiger partial charge in [-0.3, -0.25) is 0 Å². The molecule has 0 spiro atoms. The molecule has 0 amide bonds. The molecule has 0 saturated carbocycles. The van der Waals surface area contributed by atoms with Crippen molar-refractivity contribution in [2.45, 2.75) is 66.3 Å². The molecule has 0 saturated heterocycles. The van der Waals surface area contributed by atoms with Crippen molar-refractivity contribution < 1.29 is 25.5 Å². The van der Waals surface area contributed by atoms with Gasteiger partial charge in [0.25, 0.3) is 0 Å². The van der Waals surface area contributed by atoms with E-state index in [1.165, 1.54) is 18.9 Å². The Labute approximate surface area is 156 Å². The second-order valence-electron chi connectivity index (χ2n) is 7.65. The first-order valence-electron chi connectivity index (χ1n) is 8.59. The van der Waals surface area contributed by atoms with Gasteiger partial charge in [-0.1, -0.05) is 0 Å². The molecule has 0 radical (unpaired) electrons. The Kier molecular flexibility index (Phi) is 8.62. The van der Waals surface area contributed by atoms with Gasteiger partial charge in [-0.2, -0.15) is 0 Å². The van der Waals surface area contributed by atoms with E-state index >= 15 is 0 Å². The molecule has 1 aliphatic carbocycles. The molecule has 0 heterocycles. The van der Waals surface area contributed by atoms with E-state index in [2.05, 4.69) is 54.7 Å². The van der Waals surface area contributed by atoms with Crippen LogP contribution in [0.25, 0.3) is 0 Å². The summed E-state index contributed by atoms with van der Waals surface area (Å²) >= 11 is -1.76. The van der Waals surface area contributed by atoms with Crippen molar-refractivity contribution >= 4 is 17.6 Å². The van der Waals surface area contributed by atoms with Crippen LogP contribution in [0.15, 0.2) is 33.5 Å². The van der Waals surface area contributed by atoms with E-state index in [4.69, 9.17) is 9.47 Å². The molecule has 1 atom stereocenters. The Balaban J connectivity index is 3.30. The summed E-state index contributed by atoms with van der Waals surface area (Å²) in [6.45, 7) is 11.4. The van der Waals surface area contributed by atoms with E-state index in [0.717, 1.165) is 0 Å². The summed E-state index contributed by atoms with van der Waals surface area (Å²) in [5.74, 6) is 0.0286. The van der Waals surface area contributed by atoms with Gasteiger partial charge in [-0.15, -0.1) is 0 Å². The van der Waals surface area contributed by atoms with Crippen LogP contribution in [0.4, 0.5) is 0 Å². The van der Waals surface area contributed by atoms with Crippen molar-refractivity contribution in [2.24, 2.45) is 0 Å². The van der Waals surface area contributed by atoms with E-state index < -0.39 is 33.7 Å². The molecule has 0 fully saturated rings. The molecular weight excluding hydrogens is 511 g/mol. The van der Waals surface area contributed by atoms with Crippen molar-refractivity contribution in [1.29, 1.82) is 0 Å². The van der Waals surface area contributed by atoms with E-state index in [9.17, 15) is 0 Å². The number of methoxy groups -OCH3 is 2. The summed E-state index contributed by atoms with van der Waals surface area (Å²) in [6, 6.07) is 1.18. The molecule has 0 aliphatic heterocycles. The molecule has 0 aromatic heterocycles. The van der Waals surface area contributed by atoms with Crippen LogP contribution < -0.4 is 0 Å². The van der Waals surface area contributed by atoms with Crippen molar-refractivity contribution in [3.05, 3.63) is 33.5 Å². The van der Waals surface area contributed by atoms with Crippen LogP contribution >= 0.6 is 0 Å². The molecule has 144 valence electrons. The molecule has 1 aliphatic rings. The average Bonchev–Trinajstić information content (AvgIpc) is 2.94. The van der Waals surface area contributed by atoms with Crippen LogP contribution in [-0.4, -0.2) is 37.7 Å². The summed E-state index contributed by atoms with van der Waals surface area (Å²) in [4.78, 5) is 0. The maximum absolute atomic E-state index is 5.56. The van der Waals surface area contributed by atoms with E-state index in [0.29, 0.717) is 5.54 Å². The van der Waals surface area contributed by atoms with Crippen LogP contribution in [0.2, 0.25) is 40.6 Å². The van der Waals surface area contributed by atoms with Crippen molar-refractivity contribution in [1.82, 2.24) is 0 Å². The van der Waals surface area contributed by atoms with Crippen LogP contribution in [0, 0.1) is 0 Å². The zero-order valence-corrected chi connectivity index (χ0v) is 21.7. The molecule has 1 unspecified atom stereocenters. The molecule has 1 rings (SSSR count). The Morgan fingerprint density at radius 1 is 1.29 bits per heavy atom. The van der Waals surface area contributed by atoms with E-state index in [1.54, 1.807) is 25.0 Å². The number of rotatable bonds is 10. The summed E-state index contributed by atoms with van der Waals surface area (Å²) in [6.07, 6.45) is 7.12. The second kappa shape index (κ2) is 9.27. The Morgan fingerprint density at radius 2 is 1.88 bits per heavy atom. The van der Waals surface area contributed by atoms with Gasteiger partial charge in [0.15, 0.2) is 0 Å². The van der Waals surface area contributed by atoms with Crippen LogP contribution in [0.3, 0.4) is 0 Å².